The molecule has 46 heteroatoms. The lowest BCUT2D eigenvalue weighted by atomic mass is 9.93. The SMILES string of the molecule is CC(=O)N[C@H]1[C@H](O[C@H]2[C@H](O)[C@@H](NC(C)=O)C(O)O[C@@H]2CO)O[C@H](CO)[C@@H](O[C@@H]2O[C@H](CO[C@H]3O[C@H](CO)[C@@H](O)[C@H](O)[C@@H]3O[C@@H]3O[C@H](CO)[C@@H](O)[C@H](O)[C@H]3NC(C)=O)[C@@H](O)[C@H](O[C@H]3O[C@H](CO)[C@@H](O)[C@H](O)[C@@H]3O[C@@H]3O[C@H](CO)[C@@H](O[C@@H]4O[C@H](CO)[C@@H](O)[C@H](O)[C@H]4NC(C)=O)[C@H](O)[C@H]3NC(C)=O)[C@@H]2O)[C@@H]1O. The summed E-state index contributed by atoms with van der Waals surface area (Å²) in [6.45, 7) is -3.56. The van der Waals surface area contributed by atoms with E-state index in [0.29, 0.717) is 0 Å². The van der Waals surface area contributed by atoms with Gasteiger partial charge in [-0.1, -0.05) is 0 Å². The predicted octanol–water partition coefficient (Wildman–Crippen LogP) is -17.7. The average molecular weight is 1520 g/mol. The van der Waals surface area contributed by atoms with Gasteiger partial charge in [0.2, 0.25) is 29.5 Å². The molecule has 0 bridgehead atoms. The van der Waals surface area contributed by atoms with Crippen molar-refractivity contribution in [2.45, 2.75) is 280 Å². The summed E-state index contributed by atoms with van der Waals surface area (Å²) in [5.41, 5.74) is 0. The third-order valence-corrected chi connectivity index (χ3v) is 18.7. The van der Waals surface area contributed by atoms with E-state index >= 15 is 0 Å². The highest BCUT2D eigenvalue weighted by Crippen LogP contribution is 2.39. The standard InChI is InChI=1S/C58H97N5O41/c1-14(71)59-27-39(83)45(23(10-68)91-51(27)89)99-54-30(62-17(4)74)41(85)47(25(12-70)96-54)101-56-44(88)48(36(80)26(98-56)13-90-57-49(42(86)34(78)21(8-66)94-57)103-53-29(61-16(3)73)38(82)33(77)20(7-65)93-53)102-58-50(43(87)35(79)22(9-67)95-58)104-55-31(63-18(5)75)40(84)46(24(11-69)97-55)100-52-28(60-15(2)72)37(81)32(76)19(6-64)92-52/h19-58,64-70,76-89H,6-13H2,1-5H3,(H,59,71)(H,60,72)(H,61,73)(H,62,74)(H,63,75)/t19-,20-,21-,22-,23-,24-,25-,26-,27-,28-,29-,30-,31-,32-,33-,34-,35-,36-,37-,38-,39-,40-,41-,42+,43+,44+,45-,46-,47-,48+,49+,50+,51?,52+,53+,54+,55+,56+,57+,58-/m1/s1. The van der Waals surface area contributed by atoms with Crippen LogP contribution in [0.1, 0.15) is 34.6 Å². The van der Waals surface area contributed by atoms with Crippen molar-refractivity contribution in [2.24, 2.45) is 0 Å². The first-order valence-electron chi connectivity index (χ1n) is 33.1. The Bertz CT molecular complexity index is 2770. The maximum atomic E-state index is 13.0. The normalized spacial score (nSPS) is 47.2. The maximum Gasteiger partial charge on any atom is 0.217 e. The van der Waals surface area contributed by atoms with Crippen molar-refractivity contribution in [2.75, 3.05) is 52.9 Å². The Morgan fingerprint density at radius 2 is 0.510 bits per heavy atom. The van der Waals surface area contributed by atoms with Crippen molar-refractivity contribution < 1.29 is 202 Å². The van der Waals surface area contributed by atoms with Crippen molar-refractivity contribution in [3.8, 4) is 0 Å². The van der Waals surface area contributed by atoms with Gasteiger partial charge in [-0.25, -0.2) is 0 Å². The molecule has 1 unspecified atom stereocenters. The average Bonchev–Trinajstić information content (AvgIpc) is 0.776. The van der Waals surface area contributed by atoms with Gasteiger partial charge < -0.3 is 205 Å². The molecule has 104 heavy (non-hydrogen) atoms. The molecule has 40 atom stereocenters. The van der Waals surface area contributed by atoms with Crippen LogP contribution in [0, 0.1) is 0 Å². The summed E-state index contributed by atoms with van der Waals surface area (Å²) in [4.78, 5) is 62.7. The highest BCUT2D eigenvalue weighted by Gasteiger charge is 2.60. The summed E-state index contributed by atoms with van der Waals surface area (Å²) in [7, 11) is 0. The van der Waals surface area contributed by atoms with Gasteiger partial charge in [0.1, 0.15) is 195 Å². The Kier molecular flexibility index (Phi) is 30.9. The highest BCUT2D eigenvalue weighted by atomic mass is 16.8. The van der Waals surface area contributed by atoms with Crippen LogP contribution in [0.4, 0.5) is 0 Å². The summed E-state index contributed by atoms with van der Waals surface area (Å²) < 4.78 is 89.3. The minimum Gasteiger partial charge on any atom is -0.394 e. The molecule has 0 radical (unpaired) electrons. The zero-order valence-electron chi connectivity index (χ0n) is 56.3. The number of amides is 5. The lowest BCUT2D eigenvalue weighted by molar-refractivity contribution is -0.397. The molecule has 0 aromatic heterocycles. The Balaban J connectivity index is 1.15. The molecule has 8 saturated heterocycles. The van der Waals surface area contributed by atoms with Crippen molar-refractivity contribution in [3.05, 3.63) is 0 Å². The molecular weight excluding hydrogens is 1420 g/mol. The zero-order valence-corrected chi connectivity index (χ0v) is 56.3. The predicted molar refractivity (Wildman–Crippen MR) is 322 cm³/mol. The van der Waals surface area contributed by atoms with E-state index in [-0.39, 0.29) is 0 Å². The lowest BCUT2D eigenvalue weighted by Gasteiger charge is -2.51. The third-order valence-electron chi connectivity index (χ3n) is 18.7. The second-order valence-electron chi connectivity index (χ2n) is 26.1. The van der Waals surface area contributed by atoms with E-state index in [2.05, 4.69) is 26.6 Å². The van der Waals surface area contributed by atoms with Gasteiger partial charge in [0.25, 0.3) is 0 Å². The van der Waals surface area contributed by atoms with E-state index in [9.17, 15) is 131 Å². The van der Waals surface area contributed by atoms with Gasteiger partial charge in [0.05, 0.1) is 52.9 Å². The van der Waals surface area contributed by atoms with Crippen LogP contribution in [0.2, 0.25) is 0 Å². The summed E-state index contributed by atoms with van der Waals surface area (Å²) in [5, 5.41) is 246. The number of carbonyl (C=O) groups is 5. The van der Waals surface area contributed by atoms with Gasteiger partial charge in [-0.15, -0.1) is 0 Å². The quantitative estimate of drug-likeness (QED) is 0.0363. The van der Waals surface area contributed by atoms with Crippen LogP contribution >= 0.6 is 0 Å². The lowest BCUT2D eigenvalue weighted by Crippen LogP contribution is -2.71. The van der Waals surface area contributed by atoms with Gasteiger partial charge >= 0.3 is 0 Å². The number of hydrogen-bond acceptors (Lipinski definition) is 41. The van der Waals surface area contributed by atoms with E-state index in [1.165, 1.54) is 0 Å². The maximum absolute atomic E-state index is 13.0. The second kappa shape index (κ2) is 37.5. The number of ether oxygens (including phenoxy) is 15. The summed E-state index contributed by atoms with van der Waals surface area (Å²) in [6, 6.07) is -8.81. The van der Waals surface area contributed by atoms with Crippen molar-refractivity contribution in [1.29, 1.82) is 0 Å². The first kappa shape index (κ1) is 85.5. The fraction of sp³-hybridized carbons (Fsp3) is 0.914. The number of aliphatic hydroxyl groups excluding tert-OH is 21. The number of hydrogen-bond donors (Lipinski definition) is 26. The Morgan fingerprint density at radius 1 is 0.250 bits per heavy atom. The molecule has 0 aromatic carbocycles. The van der Waals surface area contributed by atoms with Crippen LogP contribution in [-0.2, 0) is 95.0 Å². The molecule has 0 saturated carbocycles. The van der Waals surface area contributed by atoms with Gasteiger partial charge in [0, 0.05) is 34.6 Å². The van der Waals surface area contributed by atoms with Gasteiger partial charge in [-0.2, -0.15) is 0 Å². The molecule has 0 aliphatic carbocycles. The summed E-state index contributed by atoms with van der Waals surface area (Å²) in [6.07, 6.45) is -71.3. The molecule has 8 aliphatic heterocycles. The Hall–Kier alpha value is -4.09. The van der Waals surface area contributed by atoms with E-state index in [1.807, 2.05) is 0 Å². The van der Waals surface area contributed by atoms with E-state index in [1.54, 1.807) is 0 Å². The van der Waals surface area contributed by atoms with Crippen molar-refractivity contribution >= 4 is 29.5 Å². The fourth-order valence-corrected chi connectivity index (χ4v) is 13.4. The molecule has 8 rings (SSSR count). The van der Waals surface area contributed by atoms with Crippen LogP contribution in [0.25, 0.3) is 0 Å². The number of carbonyl (C=O) groups excluding carboxylic acids is 5. The minimum absolute atomic E-state index is 0.772. The number of rotatable bonds is 27. The Labute approximate surface area is 589 Å². The van der Waals surface area contributed by atoms with Gasteiger partial charge in [-0.3, -0.25) is 24.0 Å². The van der Waals surface area contributed by atoms with Crippen LogP contribution < -0.4 is 26.6 Å². The van der Waals surface area contributed by atoms with Crippen molar-refractivity contribution in [3.63, 3.8) is 0 Å². The van der Waals surface area contributed by atoms with Crippen LogP contribution in [0.15, 0.2) is 0 Å². The molecular formula is C58H97N5O41. The first-order valence-corrected chi connectivity index (χ1v) is 33.1. The van der Waals surface area contributed by atoms with E-state index in [0.717, 1.165) is 34.6 Å². The largest absolute Gasteiger partial charge is 0.394 e. The highest BCUT2D eigenvalue weighted by molar-refractivity contribution is 5.75. The van der Waals surface area contributed by atoms with Gasteiger partial charge in [0.15, 0.2) is 50.3 Å². The summed E-state index contributed by atoms with van der Waals surface area (Å²) in [5.74, 6) is -4.26. The molecule has 8 heterocycles. The monoisotopic (exact) mass is 1520 g/mol. The number of aliphatic hydroxyl groups is 21. The zero-order chi connectivity index (χ0) is 76.8. The van der Waals surface area contributed by atoms with E-state index in [4.69, 9.17) is 71.1 Å². The van der Waals surface area contributed by atoms with Crippen LogP contribution in [0.3, 0.4) is 0 Å². The molecule has 600 valence electrons. The molecule has 0 spiro atoms. The fourth-order valence-electron chi connectivity index (χ4n) is 13.4. The number of nitrogens with one attached hydrogen (secondary N) is 5. The van der Waals surface area contributed by atoms with Crippen LogP contribution in [0.5, 0.6) is 0 Å². The Morgan fingerprint density at radius 3 is 0.875 bits per heavy atom. The molecule has 5 amide bonds. The molecule has 8 fully saturated rings. The second-order valence-corrected chi connectivity index (χ2v) is 26.1. The third kappa shape index (κ3) is 19.2. The van der Waals surface area contributed by atoms with Crippen LogP contribution in [-0.4, -0.2) is 435 Å². The first-order chi connectivity index (χ1) is 49.2. The topological polar surface area (TPSA) is 709 Å². The smallest absolute Gasteiger partial charge is 0.217 e. The minimum atomic E-state index is -2.53. The molecule has 46 nitrogen and oxygen atoms in total. The van der Waals surface area contributed by atoms with Gasteiger partial charge in [-0.05, 0) is 0 Å². The molecule has 0 aromatic rings. The van der Waals surface area contributed by atoms with Crippen molar-refractivity contribution in [1.82, 2.24) is 26.6 Å². The summed E-state index contributed by atoms with van der Waals surface area (Å²) >= 11 is 0. The molecule has 26 N–H and O–H groups in total. The van der Waals surface area contributed by atoms with E-state index < -0.39 is 328 Å². The molecule has 8 aliphatic rings.